The van der Waals surface area contributed by atoms with Crippen LogP contribution in [0.15, 0.2) is 29.4 Å². The summed E-state index contributed by atoms with van der Waals surface area (Å²) in [7, 11) is 0. The molecule has 1 fully saturated rings. The summed E-state index contributed by atoms with van der Waals surface area (Å²) in [4.78, 5) is 17.6. The summed E-state index contributed by atoms with van der Waals surface area (Å²) in [5.74, 6) is 0.403. The van der Waals surface area contributed by atoms with Crippen LogP contribution in [0.4, 0.5) is 5.69 Å². The third-order valence-corrected chi connectivity index (χ3v) is 6.60. The van der Waals surface area contributed by atoms with Crippen molar-refractivity contribution in [3.63, 3.8) is 0 Å². The van der Waals surface area contributed by atoms with Gasteiger partial charge in [0.25, 0.3) is 0 Å². The van der Waals surface area contributed by atoms with E-state index >= 15 is 0 Å². The van der Waals surface area contributed by atoms with Crippen molar-refractivity contribution in [3.8, 4) is 0 Å². The van der Waals surface area contributed by atoms with Crippen molar-refractivity contribution in [1.29, 1.82) is 0 Å². The number of thioether (sulfide) groups is 1. The third-order valence-electron chi connectivity index (χ3n) is 5.54. The van der Waals surface area contributed by atoms with E-state index in [1.165, 1.54) is 36.9 Å². The molecule has 1 saturated carbocycles. The minimum atomic E-state index is -0.202. The maximum Gasteiger partial charge on any atom is 0.237 e. The number of amides is 1. The van der Waals surface area contributed by atoms with Crippen LogP contribution >= 0.6 is 11.8 Å². The Bertz CT molecular complexity index is 806. The van der Waals surface area contributed by atoms with Crippen molar-refractivity contribution in [2.75, 3.05) is 5.32 Å². The fraction of sp³-hybridized carbons (Fsp3) is 0.545. The van der Waals surface area contributed by atoms with Crippen molar-refractivity contribution < 1.29 is 4.79 Å². The number of nitrogens with one attached hydrogen (secondary N) is 1. The molecule has 1 aliphatic rings. The summed E-state index contributed by atoms with van der Waals surface area (Å²) in [6.45, 7) is 10.5. The van der Waals surface area contributed by atoms with Gasteiger partial charge < -0.3 is 9.88 Å². The Balaban J connectivity index is 1.75. The zero-order valence-electron chi connectivity index (χ0n) is 17.1. The second-order valence-corrected chi connectivity index (χ2v) is 9.17. The van der Waals surface area contributed by atoms with E-state index in [2.05, 4.69) is 43.6 Å². The maximum atomic E-state index is 12.8. The molecule has 1 aromatic heterocycles. The predicted octanol–water partition coefficient (Wildman–Crippen LogP) is 5.86. The Labute approximate surface area is 167 Å². The number of imidazole rings is 1. The van der Waals surface area contributed by atoms with Gasteiger partial charge in [-0.25, -0.2) is 4.98 Å². The minimum Gasteiger partial charge on any atom is -0.325 e. The molecule has 5 heteroatoms. The quantitative estimate of drug-likeness (QED) is 0.634. The van der Waals surface area contributed by atoms with Crippen LogP contribution in [-0.4, -0.2) is 20.7 Å². The molecule has 1 aromatic carbocycles. The Kier molecular flexibility index (Phi) is 6.30. The van der Waals surface area contributed by atoms with Crippen LogP contribution in [0.1, 0.15) is 75.4 Å². The van der Waals surface area contributed by atoms with Gasteiger partial charge in [-0.2, -0.15) is 0 Å². The van der Waals surface area contributed by atoms with Crippen molar-refractivity contribution >= 4 is 23.4 Å². The molecular formula is C22H31N3OS. The average molecular weight is 386 g/mol. The first kappa shape index (κ1) is 20.0. The molecule has 0 saturated heterocycles. The number of aryl methyl sites for hydroxylation is 1. The lowest BCUT2D eigenvalue weighted by Crippen LogP contribution is -2.24. The second-order valence-electron chi connectivity index (χ2n) is 7.86. The van der Waals surface area contributed by atoms with E-state index in [4.69, 9.17) is 4.98 Å². The van der Waals surface area contributed by atoms with Gasteiger partial charge in [0.15, 0.2) is 5.16 Å². The van der Waals surface area contributed by atoms with Crippen LogP contribution in [0.25, 0.3) is 0 Å². The van der Waals surface area contributed by atoms with Gasteiger partial charge in [0.2, 0.25) is 5.91 Å². The first-order valence-corrected chi connectivity index (χ1v) is 10.9. The lowest BCUT2D eigenvalue weighted by atomic mass is 10.0. The van der Waals surface area contributed by atoms with Gasteiger partial charge >= 0.3 is 0 Å². The molecule has 0 radical (unpaired) electrons. The van der Waals surface area contributed by atoms with Gasteiger partial charge in [0, 0.05) is 17.4 Å². The topological polar surface area (TPSA) is 46.9 Å². The number of anilines is 1. The SMILES string of the molecule is Cc1nc(SC(C)C(=O)Nc2ccccc2C(C)C)n(C2CCCC2)c1C. The van der Waals surface area contributed by atoms with Crippen LogP contribution in [0.5, 0.6) is 0 Å². The zero-order valence-corrected chi connectivity index (χ0v) is 17.9. The predicted molar refractivity (Wildman–Crippen MR) is 114 cm³/mol. The van der Waals surface area contributed by atoms with Gasteiger partial charge in [-0.15, -0.1) is 0 Å². The number of benzene rings is 1. The fourth-order valence-electron chi connectivity index (χ4n) is 3.83. The van der Waals surface area contributed by atoms with E-state index in [1.807, 2.05) is 25.1 Å². The van der Waals surface area contributed by atoms with Gasteiger partial charge in [-0.05, 0) is 51.2 Å². The summed E-state index contributed by atoms with van der Waals surface area (Å²) in [6.07, 6.45) is 5.00. The van der Waals surface area contributed by atoms with Crippen molar-refractivity contribution in [2.45, 2.75) is 82.7 Å². The molecule has 1 heterocycles. The van der Waals surface area contributed by atoms with E-state index < -0.39 is 0 Å². The number of rotatable bonds is 6. The summed E-state index contributed by atoms with van der Waals surface area (Å²) in [5.41, 5.74) is 4.39. The number of carbonyl (C=O) groups excluding carboxylic acids is 1. The Morgan fingerprint density at radius 2 is 1.85 bits per heavy atom. The molecule has 27 heavy (non-hydrogen) atoms. The van der Waals surface area contributed by atoms with E-state index in [9.17, 15) is 4.79 Å². The van der Waals surface area contributed by atoms with Gasteiger partial charge in [-0.1, -0.05) is 56.7 Å². The van der Waals surface area contributed by atoms with Crippen molar-refractivity contribution in [1.82, 2.24) is 9.55 Å². The summed E-state index contributed by atoms with van der Waals surface area (Å²) in [5, 5.41) is 3.91. The van der Waals surface area contributed by atoms with Gasteiger partial charge in [-0.3, -0.25) is 4.79 Å². The second kappa shape index (κ2) is 8.51. The molecule has 0 bridgehead atoms. The fourth-order valence-corrected chi connectivity index (χ4v) is 4.90. The maximum absolute atomic E-state index is 12.8. The number of para-hydroxylation sites is 1. The lowest BCUT2D eigenvalue weighted by Gasteiger charge is -2.19. The largest absolute Gasteiger partial charge is 0.325 e. The zero-order chi connectivity index (χ0) is 19.6. The van der Waals surface area contributed by atoms with Gasteiger partial charge in [0.1, 0.15) is 0 Å². The highest BCUT2D eigenvalue weighted by atomic mass is 32.2. The number of aromatic nitrogens is 2. The van der Waals surface area contributed by atoms with E-state index in [0.29, 0.717) is 12.0 Å². The summed E-state index contributed by atoms with van der Waals surface area (Å²) in [6, 6.07) is 8.59. The Hall–Kier alpha value is -1.75. The number of hydrogen-bond donors (Lipinski definition) is 1. The Morgan fingerprint density at radius 1 is 1.19 bits per heavy atom. The molecule has 3 rings (SSSR count). The summed E-state index contributed by atoms with van der Waals surface area (Å²) >= 11 is 1.57. The highest BCUT2D eigenvalue weighted by Crippen LogP contribution is 2.36. The molecule has 1 atom stereocenters. The average Bonchev–Trinajstić information content (AvgIpc) is 3.24. The normalized spacial score (nSPS) is 16.1. The first-order valence-electron chi connectivity index (χ1n) is 10.00. The van der Waals surface area contributed by atoms with E-state index in [0.717, 1.165) is 16.5 Å². The molecule has 2 aromatic rings. The first-order chi connectivity index (χ1) is 12.9. The van der Waals surface area contributed by atoms with Crippen LogP contribution in [-0.2, 0) is 4.79 Å². The third kappa shape index (κ3) is 4.40. The van der Waals surface area contributed by atoms with Crippen LogP contribution in [0, 0.1) is 13.8 Å². The summed E-state index contributed by atoms with van der Waals surface area (Å²) < 4.78 is 2.37. The molecule has 4 nitrogen and oxygen atoms in total. The highest BCUT2D eigenvalue weighted by Gasteiger charge is 2.26. The number of nitrogens with zero attached hydrogens (tertiary/aromatic N) is 2. The lowest BCUT2D eigenvalue weighted by molar-refractivity contribution is -0.115. The van der Waals surface area contributed by atoms with Crippen LogP contribution in [0.3, 0.4) is 0 Å². The van der Waals surface area contributed by atoms with Crippen LogP contribution in [0.2, 0.25) is 0 Å². The molecule has 0 aliphatic heterocycles. The smallest absolute Gasteiger partial charge is 0.237 e. The molecule has 146 valence electrons. The highest BCUT2D eigenvalue weighted by molar-refractivity contribution is 8.00. The Morgan fingerprint density at radius 3 is 2.52 bits per heavy atom. The van der Waals surface area contributed by atoms with E-state index in [1.54, 1.807) is 11.8 Å². The monoisotopic (exact) mass is 385 g/mol. The molecule has 1 unspecified atom stereocenters. The molecule has 1 aliphatic carbocycles. The number of hydrogen-bond acceptors (Lipinski definition) is 3. The molecular weight excluding hydrogens is 354 g/mol. The van der Waals surface area contributed by atoms with Crippen molar-refractivity contribution in [3.05, 3.63) is 41.2 Å². The molecule has 0 spiro atoms. The van der Waals surface area contributed by atoms with E-state index in [-0.39, 0.29) is 11.2 Å². The minimum absolute atomic E-state index is 0.0318. The van der Waals surface area contributed by atoms with Gasteiger partial charge in [0.05, 0.1) is 10.9 Å². The molecule has 1 amide bonds. The number of carbonyl (C=O) groups is 1. The van der Waals surface area contributed by atoms with Crippen LogP contribution < -0.4 is 5.32 Å². The molecule has 1 N–H and O–H groups in total. The van der Waals surface area contributed by atoms with Crippen molar-refractivity contribution in [2.24, 2.45) is 0 Å². The standard InChI is InChI=1S/C22H31N3OS/c1-14(2)19-12-8-9-13-20(19)24-21(26)17(5)27-22-23-15(3)16(4)25(22)18-10-6-7-11-18/h8-9,12-14,17-18H,6-7,10-11H2,1-5H3,(H,24,26).